The van der Waals surface area contributed by atoms with Crippen molar-refractivity contribution in [3.8, 4) is 5.75 Å². The Labute approximate surface area is 158 Å². The number of rotatable bonds is 4. The Balaban J connectivity index is 1.88. The number of nitrogens with one attached hydrogen (secondary N) is 1. The van der Waals surface area contributed by atoms with E-state index < -0.39 is 17.5 Å². The lowest BCUT2D eigenvalue weighted by Gasteiger charge is -2.21. The lowest BCUT2D eigenvalue weighted by Crippen LogP contribution is -2.40. The molecule has 0 spiro atoms. The molecule has 0 bridgehead atoms. The standard InChI is InChI=1S/C21H23N3O3/c1-13-10-15(3)16(11-14(13)2)12-22-24-19(25)21(4,23-20(24)26)17-6-8-18(27-5)9-7-17/h6-12H,1-5H3,(H,23,26)/b22-12-/t21-/m0/s1. The highest BCUT2D eigenvalue weighted by atomic mass is 16.5. The smallest absolute Gasteiger partial charge is 0.346 e. The number of hydrazone groups is 1. The highest BCUT2D eigenvalue weighted by molar-refractivity contribution is 6.07. The molecule has 3 amide bonds. The minimum absolute atomic E-state index is 0.421. The van der Waals surface area contributed by atoms with Gasteiger partial charge in [0.05, 0.1) is 13.3 Å². The molecule has 0 unspecified atom stereocenters. The fourth-order valence-corrected chi connectivity index (χ4v) is 3.09. The van der Waals surface area contributed by atoms with Gasteiger partial charge in [-0.1, -0.05) is 18.2 Å². The molecule has 140 valence electrons. The van der Waals surface area contributed by atoms with Gasteiger partial charge in [-0.2, -0.15) is 5.10 Å². The lowest BCUT2D eigenvalue weighted by atomic mass is 9.92. The van der Waals surface area contributed by atoms with E-state index in [9.17, 15) is 9.59 Å². The number of aryl methyl sites for hydroxylation is 3. The number of ether oxygens (including phenoxy) is 1. The van der Waals surface area contributed by atoms with Gasteiger partial charge in [-0.3, -0.25) is 4.79 Å². The van der Waals surface area contributed by atoms with Crippen LogP contribution in [0.25, 0.3) is 0 Å². The quantitative estimate of drug-likeness (QED) is 0.667. The Hall–Kier alpha value is -3.15. The molecule has 1 N–H and O–H groups in total. The minimum atomic E-state index is -1.17. The molecule has 0 saturated carbocycles. The van der Waals surface area contributed by atoms with Gasteiger partial charge in [-0.15, -0.1) is 5.01 Å². The number of nitrogens with zero attached hydrogens (tertiary/aromatic N) is 2. The maximum absolute atomic E-state index is 12.9. The summed E-state index contributed by atoms with van der Waals surface area (Å²) in [6.45, 7) is 7.70. The van der Waals surface area contributed by atoms with E-state index in [1.165, 1.54) is 5.56 Å². The molecular weight excluding hydrogens is 342 g/mol. The Morgan fingerprint density at radius 1 is 1.04 bits per heavy atom. The Morgan fingerprint density at radius 3 is 2.30 bits per heavy atom. The molecule has 27 heavy (non-hydrogen) atoms. The van der Waals surface area contributed by atoms with Crippen LogP contribution in [-0.2, 0) is 10.3 Å². The second-order valence-electron chi connectivity index (χ2n) is 6.94. The third-order valence-corrected chi connectivity index (χ3v) is 5.03. The molecule has 6 nitrogen and oxygen atoms in total. The molecule has 1 heterocycles. The van der Waals surface area contributed by atoms with E-state index in [0.29, 0.717) is 11.3 Å². The topological polar surface area (TPSA) is 71.0 Å². The molecule has 0 aliphatic carbocycles. The van der Waals surface area contributed by atoms with Crippen molar-refractivity contribution < 1.29 is 14.3 Å². The number of urea groups is 1. The molecule has 1 fully saturated rings. The van der Waals surface area contributed by atoms with Crippen LogP contribution in [0.15, 0.2) is 41.5 Å². The summed E-state index contributed by atoms with van der Waals surface area (Å²) in [5.41, 5.74) is 3.72. The summed E-state index contributed by atoms with van der Waals surface area (Å²) in [5.74, 6) is 0.259. The van der Waals surface area contributed by atoms with Crippen molar-refractivity contribution >= 4 is 18.2 Å². The van der Waals surface area contributed by atoms with Crippen LogP contribution in [-0.4, -0.2) is 30.3 Å². The van der Waals surface area contributed by atoms with Crippen LogP contribution in [0, 0.1) is 20.8 Å². The largest absolute Gasteiger partial charge is 0.497 e. The minimum Gasteiger partial charge on any atom is -0.497 e. The Bertz CT molecular complexity index is 934. The first-order valence-electron chi connectivity index (χ1n) is 8.69. The predicted molar refractivity (Wildman–Crippen MR) is 104 cm³/mol. The molecule has 0 aromatic heterocycles. The van der Waals surface area contributed by atoms with E-state index in [2.05, 4.69) is 16.5 Å². The van der Waals surface area contributed by atoms with Crippen LogP contribution in [0.1, 0.15) is 34.7 Å². The van der Waals surface area contributed by atoms with E-state index in [1.807, 2.05) is 26.8 Å². The van der Waals surface area contributed by atoms with Gasteiger partial charge in [-0.25, -0.2) is 4.79 Å². The highest BCUT2D eigenvalue weighted by Gasteiger charge is 2.49. The molecule has 0 radical (unpaired) electrons. The zero-order valence-electron chi connectivity index (χ0n) is 16.2. The normalized spacial score (nSPS) is 19.7. The van der Waals surface area contributed by atoms with E-state index in [4.69, 9.17) is 4.74 Å². The maximum atomic E-state index is 12.9. The first kappa shape index (κ1) is 18.6. The van der Waals surface area contributed by atoms with Crippen LogP contribution >= 0.6 is 0 Å². The maximum Gasteiger partial charge on any atom is 0.346 e. The average molecular weight is 365 g/mol. The van der Waals surface area contributed by atoms with E-state index in [1.54, 1.807) is 44.5 Å². The zero-order valence-corrected chi connectivity index (χ0v) is 16.2. The van der Waals surface area contributed by atoms with Gasteiger partial charge >= 0.3 is 6.03 Å². The average Bonchev–Trinajstić information content (AvgIpc) is 2.87. The molecule has 1 aliphatic rings. The van der Waals surface area contributed by atoms with E-state index in [0.717, 1.165) is 21.7 Å². The number of hydrogen-bond acceptors (Lipinski definition) is 4. The Kier molecular flexibility index (Phi) is 4.74. The first-order valence-corrected chi connectivity index (χ1v) is 8.69. The zero-order chi connectivity index (χ0) is 19.8. The number of benzene rings is 2. The predicted octanol–water partition coefficient (Wildman–Crippen LogP) is 3.42. The number of carbonyl (C=O) groups excluding carboxylic acids is 2. The van der Waals surface area contributed by atoms with Crippen LogP contribution in [0.5, 0.6) is 5.75 Å². The molecule has 2 aromatic rings. The molecule has 6 heteroatoms. The second kappa shape index (κ2) is 6.87. The molecule has 2 aromatic carbocycles. The van der Waals surface area contributed by atoms with Crippen LogP contribution in [0.4, 0.5) is 4.79 Å². The molecule has 1 aliphatic heterocycles. The third kappa shape index (κ3) is 3.30. The number of methoxy groups -OCH3 is 1. The SMILES string of the molecule is COc1ccc([C@]2(C)NC(=O)N(/N=C\c3cc(C)c(C)cc3C)C2=O)cc1. The number of amides is 3. The summed E-state index contributed by atoms with van der Waals surface area (Å²) >= 11 is 0. The van der Waals surface area contributed by atoms with Gasteiger partial charge in [0.1, 0.15) is 11.3 Å². The first-order chi connectivity index (χ1) is 12.8. The van der Waals surface area contributed by atoms with Gasteiger partial charge in [0.2, 0.25) is 0 Å². The number of hydrogen-bond donors (Lipinski definition) is 1. The second-order valence-corrected chi connectivity index (χ2v) is 6.94. The van der Waals surface area contributed by atoms with Crippen molar-refractivity contribution in [2.45, 2.75) is 33.2 Å². The van der Waals surface area contributed by atoms with Crippen LogP contribution < -0.4 is 10.1 Å². The number of imide groups is 1. The molecule has 1 atom stereocenters. The van der Waals surface area contributed by atoms with Gasteiger partial charge < -0.3 is 10.1 Å². The van der Waals surface area contributed by atoms with Gasteiger partial charge in [0.25, 0.3) is 5.91 Å². The van der Waals surface area contributed by atoms with E-state index in [-0.39, 0.29) is 0 Å². The third-order valence-electron chi connectivity index (χ3n) is 5.03. The van der Waals surface area contributed by atoms with Gasteiger partial charge in [-0.05, 0) is 73.7 Å². The fourth-order valence-electron chi connectivity index (χ4n) is 3.09. The van der Waals surface area contributed by atoms with Gasteiger partial charge in [0.15, 0.2) is 0 Å². The monoisotopic (exact) mass is 365 g/mol. The number of carbonyl (C=O) groups is 2. The van der Waals surface area contributed by atoms with Crippen molar-refractivity contribution in [3.63, 3.8) is 0 Å². The van der Waals surface area contributed by atoms with Gasteiger partial charge in [0, 0.05) is 0 Å². The van der Waals surface area contributed by atoms with Crippen molar-refractivity contribution in [3.05, 3.63) is 64.2 Å². The van der Waals surface area contributed by atoms with Crippen LogP contribution in [0.2, 0.25) is 0 Å². The lowest BCUT2D eigenvalue weighted by molar-refractivity contribution is -0.131. The molecule has 1 saturated heterocycles. The summed E-state index contributed by atoms with van der Waals surface area (Å²) in [7, 11) is 1.57. The molecular formula is C21H23N3O3. The van der Waals surface area contributed by atoms with E-state index >= 15 is 0 Å². The Morgan fingerprint density at radius 2 is 1.67 bits per heavy atom. The molecule has 3 rings (SSSR count). The van der Waals surface area contributed by atoms with Crippen molar-refractivity contribution in [2.24, 2.45) is 5.10 Å². The fraction of sp³-hybridized carbons (Fsp3) is 0.286. The van der Waals surface area contributed by atoms with Crippen molar-refractivity contribution in [1.29, 1.82) is 0 Å². The van der Waals surface area contributed by atoms with Crippen LogP contribution in [0.3, 0.4) is 0 Å². The summed E-state index contributed by atoms with van der Waals surface area (Å²) < 4.78 is 5.14. The summed E-state index contributed by atoms with van der Waals surface area (Å²) in [6, 6.07) is 10.5. The highest BCUT2D eigenvalue weighted by Crippen LogP contribution is 2.30. The van der Waals surface area contributed by atoms with Crippen molar-refractivity contribution in [2.75, 3.05) is 7.11 Å². The summed E-state index contributed by atoms with van der Waals surface area (Å²) in [5, 5.41) is 7.79. The summed E-state index contributed by atoms with van der Waals surface area (Å²) in [4.78, 5) is 25.3. The van der Waals surface area contributed by atoms with Crippen molar-refractivity contribution in [1.82, 2.24) is 10.3 Å². The summed E-state index contributed by atoms with van der Waals surface area (Å²) in [6.07, 6.45) is 1.55.